The predicted molar refractivity (Wildman–Crippen MR) is 63.0 cm³/mol. The summed E-state index contributed by atoms with van der Waals surface area (Å²) >= 11 is 0. The van der Waals surface area contributed by atoms with Crippen molar-refractivity contribution in [3.05, 3.63) is 22.1 Å². The van der Waals surface area contributed by atoms with Gasteiger partial charge in [0.25, 0.3) is 5.56 Å². The number of nitrogens with zero attached hydrogens (tertiary/aromatic N) is 1. The summed E-state index contributed by atoms with van der Waals surface area (Å²) in [6.45, 7) is 9.45. The molecule has 0 unspecified atom stereocenters. The minimum Gasteiger partial charge on any atom is -0.300 e. The van der Waals surface area contributed by atoms with E-state index in [0.29, 0.717) is 11.8 Å². The zero-order valence-electron chi connectivity index (χ0n) is 10.2. The van der Waals surface area contributed by atoms with Crippen LogP contribution in [0.3, 0.4) is 0 Å². The highest BCUT2D eigenvalue weighted by Gasteiger charge is 2.05. The molecule has 1 heterocycles. The lowest BCUT2D eigenvalue weighted by Crippen LogP contribution is -2.16. The van der Waals surface area contributed by atoms with E-state index in [1.54, 1.807) is 10.7 Å². The highest BCUT2D eigenvalue weighted by Crippen LogP contribution is 2.04. The molecule has 0 atom stereocenters. The van der Waals surface area contributed by atoms with Gasteiger partial charge in [-0.2, -0.15) is 0 Å². The molecule has 0 saturated heterocycles. The molecule has 3 nitrogen and oxygen atoms in total. The molecular weight excluding hydrogens is 188 g/mol. The van der Waals surface area contributed by atoms with Gasteiger partial charge in [0.2, 0.25) is 0 Å². The fraction of sp³-hybridized carbons (Fsp3) is 0.750. The number of aromatic nitrogens is 2. The predicted octanol–water partition coefficient (Wildman–Crippen LogP) is 2.42. The van der Waals surface area contributed by atoms with Crippen molar-refractivity contribution in [3.8, 4) is 0 Å². The number of aromatic amines is 1. The molecule has 1 rings (SSSR count). The Labute approximate surface area is 91.5 Å². The van der Waals surface area contributed by atoms with E-state index in [9.17, 15) is 4.79 Å². The first-order valence-electron chi connectivity index (χ1n) is 5.77. The summed E-state index contributed by atoms with van der Waals surface area (Å²) in [6, 6.07) is 1.72. The summed E-state index contributed by atoms with van der Waals surface area (Å²) in [4.78, 5) is 11.6. The van der Waals surface area contributed by atoms with Crippen LogP contribution in [0.4, 0.5) is 0 Å². The Bertz CT molecular complexity index is 347. The van der Waals surface area contributed by atoms with Crippen molar-refractivity contribution in [2.24, 2.45) is 11.8 Å². The van der Waals surface area contributed by atoms with E-state index in [1.807, 2.05) is 0 Å². The van der Waals surface area contributed by atoms with Crippen LogP contribution in [0.15, 0.2) is 10.9 Å². The van der Waals surface area contributed by atoms with E-state index < -0.39 is 0 Å². The van der Waals surface area contributed by atoms with Crippen LogP contribution in [0, 0.1) is 11.8 Å². The molecule has 0 amide bonds. The monoisotopic (exact) mass is 210 g/mol. The zero-order chi connectivity index (χ0) is 11.4. The van der Waals surface area contributed by atoms with Crippen molar-refractivity contribution >= 4 is 0 Å². The average molecular weight is 210 g/mol. The summed E-state index contributed by atoms with van der Waals surface area (Å²) in [7, 11) is 0. The van der Waals surface area contributed by atoms with E-state index in [1.165, 1.54) is 0 Å². The van der Waals surface area contributed by atoms with E-state index in [0.717, 1.165) is 25.1 Å². The molecule has 0 bridgehead atoms. The van der Waals surface area contributed by atoms with Crippen LogP contribution in [-0.4, -0.2) is 9.78 Å². The fourth-order valence-corrected chi connectivity index (χ4v) is 1.59. The van der Waals surface area contributed by atoms with Crippen molar-refractivity contribution in [1.29, 1.82) is 0 Å². The summed E-state index contributed by atoms with van der Waals surface area (Å²) in [5, 5.41) is 3.17. The molecular formula is C12H22N2O. The van der Waals surface area contributed by atoms with Gasteiger partial charge in [-0.05, 0) is 24.7 Å². The zero-order valence-corrected chi connectivity index (χ0v) is 10.2. The second kappa shape index (κ2) is 5.19. The van der Waals surface area contributed by atoms with Crippen LogP contribution in [0.5, 0.6) is 0 Å². The maximum Gasteiger partial charge on any atom is 0.266 e. The highest BCUT2D eigenvalue weighted by molar-refractivity contribution is 5.00. The van der Waals surface area contributed by atoms with Crippen LogP contribution in [0.25, 0.3) is 0 Å². The van der Waals surface area contributed by atoms with Crippen LogP contribution in [0.2, 0.25) is 0 Å². The molecule has 1 aromatic heterocycles. The van der Waals surface area contributed by atoms with Crippen LogP contribution < -0.4 is 5.56 Å². The molecule has 0 aromatic carbocycles. The summed E-state index contributed by atoms with van der Waals surface area (Å²) < 4.78 is 1.72. The molecule has 1 N–H and O–H groups in total. The van der Waals surface area contributed by atoms with Crippen molar-refractivity contribution < 1.29 is 0 Å². The van der Waals surface area contributed by atoms with Crippen molar-refractivity contribution in [3.63, 3.8) is 0 Å². The van der Waals surface area contributed by atoms with Crippen LogP contribution in [-0.2, 0) is 13.0 Å². The van der Waals surface area contributed by atoms with Gasteiger partial charge < -0.3 is 0 Å². The quantitative estimate of drug-likeness (QED) is 0.796. The normalized spacial score (nSPS) is 11.6. The number of nitrogens with one attached hydrogen (secondary N) is 1. The lowest BCUT2D eigenvalue weighted by Gasteiger charge is -2.05. The molecule has 15 heavy (non-hydrogen) atoms. The third-order valence-corrected chi connectivity index (χ3v) is 2.40. The molecule has 0 spiro atoms. The summed E-state index contributed by atoms with van der Waals surface area (Å²) in [6.07, 6.45) is 1.99. The van der Waals surface area contributed by atoms with Gasteiger partial charge in [0.15, 0.2) is 0 Å². The van der Waals surface area contributed by atoms with Crippen molar-refractivity contribution in [2.45, 2.75) is 47.1 Å². The Morgan fingerprint density at radius 2 is 1.93 bits per heavy atom. The molecule has 0 aliphatic carbocycles. The van der Waals surface area contributed by atoms with E-state index in [-0.39, 0.29) is 5.56 Å². The van der Waals surface area contributed by atoms with Gasteiger partial charge in [0, 0.05) is 18.3 Å². The first-order valence-corrected chi connectivity index (χ1v) is 5.77. The van der Waals surface area contributed by atoms with Crippen LogP contribution in [0.1, 0.15) is 39.8 Å². The minimum absolute atomic E-state index is 0.103. The molecule has 0 radical (unpaired) electrons. The fourth-order valence-electron chi connectivity index (χ4n) is 1.59. The summed E-state index contributed by atoms with van der Waals surface area (Å²) in [5.74, 6) is 1.22. The lowest BCUT2D eigenvalue weighted by atomic mass is 10.1. The molecule has 86 valence electrons. The van der Waals surface area contributed by atoms with Gasteiger partial charge in [-0.3, -0.25) is 14.6 Å². The third-order valence-electron chi connectivity index (χ3n) is 2.40. The molecule has 3 heteroatoms. The topological polar surface area (TPSA) is 37.8 Å². The summed E-state index contributed by atoms with van der Waals surface area (Å²) in [5.41, 5.74) is 1.16. The maximum atomic E-state index is 11.6. The molecule has 0 saturated carbocycles. The highest BCUT2D eigenvalue weighted by atomic mass is 16.1. The van der Waals surface area contributed by atoms with Crippen molar-refractivity contribution in [1.82, 2.24) is 9.78 Å². The van der Waals surface area contributed by atoms with Gasteiger partial charge in [-0.15, -0.1) is 0 Å². The molecule has 0 aliphatic rings. The Balaban J connectivity index is 2.65. The Morgan fingerprint density at radius 1 is 1.27 bits per heavy atom. The number of hydrogen-bond donors (Lipinski definition) is 1. The van der Waals surface area contributed by atoms with Crippen molar-refractivity contribution in [2.75, 3.05) is 0 Å². The Hall–Kier alpha value is -0.990. The second-order valence-corrected chi connectivity index (χ2v) is 5.05. The van der Waals surface area contributed by atoms with Gasteiger partial charge in [-0.1, -0.05) is 27.7 Å². The maximum absolute atomic E-state index is 11.6. The van der Waals surface area contributed by atoms with Gasteiger partial charge in [0.05, 0.1) is 0 Å². The van der Waals surface area contributed by atoms with Gasteiger partial charge in [0.1, 0.15) is 0 Å². The SMILES string of the molecule is CC(C)CCn1[nH]c(CC(C)C)cc1=O. The lowest BCUT2D eigenvalue weighted by molar-refractivity contribution is 0.474. The number of rotatable bonds is 5. The van der Waals surface area contributed by atoms with E-state index >= 15 is 0 Å². The number of aryl methyl sites for hydroxylation is 1. The van der Waals surface area contributed by atoms with Crippen LogP contribution >= 0.6 is 0 Å². The van der Waals surface area contributed by atoms with E-state index in [2.05, 4.69) is 32.8 Å². The first kappa shape index (κ1) is 12.1. The largest absolute Gasteiger partial charge is 0.300 e. The third kappa shape index (κ3) is 3.94. The van der Waals surface area contributed by atoms with Gasteiger partial charge >= 0.3 is 0 Å². The molecule has 0 fully saturated rings. The Kier molecular flexibility index (Phi) is 4.18. The first-order chi connectivity index (χ1) is 6.99. The average Bonchev–Trinajstić information content (AvgIpc) is 2.41. The molecule has 1 aromatic rings. The number of hydrogen-bond acceptors (Lipinski definition) is 1. The number of H-pyrrole nitrogens is 1. The smallest absolute Gasteiger partial charge is 0.266 e. The van der Waals surface area contributed by atoms with E-state index in [4.69, 9.17) is 0 Å². The minimum atomic E-state index is 0.103. The standard InChI is InChI=1S/C12H22N2O/c1-9(2)5-6-14-12(15)8-11(13-14)7-10(3)4/h8-10,13H,5-7H2,1-4H3. The second-order valence-electron chi connectivity index (χ2n) is 5.05. The molecule has 0 aliphatic heterocycles. The van der Waals surface area contributed by atoms with Gasteiger partial charge in [-0.25, -0.2) is 0 Å². The Morgan fingerprint density at radius 3 is 2.47 bits per heavy atom.